The number of aryl methyl sites for hydroxylation is 16. The summed E-state index contributed by atoms with van der Waals surface area (Å²) in [5, 5.41) is 7.06. The molecule has 0 fully saturated rings. The van der Waals surface area contributed by atoms with Gasteiger partial charge >= 0.3 is 0 Å². The van der Waals surface area contributed by atoms with Crippen LogP contribution in [0, 0.1) is 82.8 Å². The van der Waals surface area contributed by atoms with Gasteiger partial charge in [-0.3, -0.25) is 9.97 Å². The van der Waals surface area contributed by atoms with E-state index in [2.05, 4.69) is 45.1 Å². The molecule has 0 atom stereocenters. The Labute approximate surface area is 552 Å². The lowest BCUT2D eigenvalue weighted by Crippen LogP contribution is -2.31. The second-order valence-electron chi connectivity index (χ2n) is 23.9. The minimum Gasteiger partial charge on any atom is -0.456 e. The molecule has 0 bridgehead atoms. The van der Waals surface area contributed by atoms with Gasteiger partial charge in [0.1, 0.15) is 61.6 Å². The number of nitrogens with zero attached hydrogens (tertiary/aromatic N) is 8. The normalized spacial score (nSPS) is 14.0. The predicted octanol–water partition coefficient (Wildman–Crippen LogP) is 17.6. The zero-order valence-electron chi connectivity index (χ0n) is 65.4. The number of pyridine rings is 8. The van der Waals surface area contributed by atoms with E-state index in [9.17, 15) is 0 Å². The van der Waals surface area contributed by atoms with Gasteiger partial charge in [0.15, 0.2) is 36.0 Å². The maximum Gasteiger partial charge on any atom is 0.227 e. The Morgan fingerprint density at radius 3 is 1.37 bits per heavy atom. The zero-order valence-corrected chi connectivity index (χ0v) is 53.4. The summed E-state index contributed by atoms with van der Waals surface area (Å²) in [6, 6.07) is 42.2. The highest BCUT2D eigenvalue weighted by atomic mass is 16.3. The Bertz CT molecular complexity index is 5920. The Kier molecular flexibility index (Phi) is 12.3. The number of benzene rings is 4. The number of fused-ring (bicyclic) bond motifs is 12. The number of para-hydroxylation sites is 1. The molecule has 0 aliphatic carbocycles. The number of rotatable bonds is 4. The molecule has 0 N–H and O–H groups in total. The topological polar surface area (TPSA) is 120 Å². The van der Waals surface area contributed by atoms with Crippen LogP contribution in [0.4, 0.5) is 0 Å². The Balaban J connectivity index is 0.000000123. The van der Waals surface area contributed by atoms with E-state index in [4.69, 9.17) is 34.1 Å². The molecule has 12 heterocycles. The molecule has 0 unspecified atom stereocenters. The van der Waals surface area contributed by atoms with Gasteiger partial charge in [-0.1, -0.05) is 18.2 Å². The summed E-state index contributed by atoms with van der Waals surface area (Å²) in [5.41, 5.74) is 24.3. The molecule has 0 aliphatic heterocycles. The van der Waals surface area contributed by atoms with Crippen LogP contribution in [0.2, 0.25) is 0 Å². The highest BCUT2D eigenvalue weighted by Crippen LogP contribution is 2.39. The number of hydrogen-bond acceptors (Lipinski definition) is 8. The van der Waals surface area contributed by atoms with Crippen LogP contribution in [0.3, 0.4) is 0 Å². The summed E-state index contributed by atoms with van der Waals surface area (Å²) in [6.45, 7) is 7.50. The standard InChI is InChI=1S/4C20H19N2O/c1-12-5-7-17(22(4)11-12)15-10-16-19(9-13(15)2)23-18-8-6-14(3)21-20(16)18;1-12-5-6-18(22(4)11-12)15-9-16-17-10-21-14(3)8-20(17)23-19(16)7-13(15)2;1-12-5-6-18(22(4)11-12)15-9-17-16-8-14(3)21-10-20(16)23-19(17)7-13(15)2;1-12-9-10-16(22(4)11-12)18-13(2)19-15-7-5-6-8-17(15)23-20(19)21-14(18)3/h4*5-11H,1-4H3/q4*+1/i4*1D3. The SMILES string of the molecule is [2H]C([2H])([2H])c1ccc(-c2c(C)nc3oc4ccccc4c3c2C)[n+](C)c1.[2H]C([2H])([2H])c1ccc(-c2cc3c(cc2C)oc2cc(C)ncc23)[n+](C)c1.[2H]C([2H])([2H])c1ccc(-c2cc3c(cc2C)oc2ccc(C)nc23)[n+](C)c1.[2H]C([2H])([2H])c1ccc(-c2cc3c(cc2C)oc2cnc(C)cc23)[n+](C)c1. The second kappa shape index (κ2) is 23.9. The zero-order chi connectivity index (χ0) is 74.5. The van der Waals surface area contributed by atoms with Gasteiger partial charge in [0.25, 0.3) is 0 Å². The summed E-state index contributed by atoms with van der Waals surface area (Å²) >= 11 is 0. The Hall–Kier alpha value is -10.7. The number of hydrogen-bond donors (Lipinski definition) is 0. The maximum absolute atomic E-state index is 7.60. The average molecular weight is 1230 g/mol. The van der Waals surface area contributed by atoms with Crippen LogP contribution in [0.15, 0.2) is 188 Å². The van der Waals surface area contributed by atoms with E-state index >= 15 is 0 Å². The van der Waals surface area contributed by atoms with Crippen molar-refractivity contribution < 1.29 is 52.4 Å². The van der Waals surface area contributed by atoms with Crippen LogP contribution in [-0.4, -0.2) is 19.9 Å². The molecular formula is C80H76N8O4+4. The average Bonchev–Trinajstić information content (AvgIpc) is 1.54. The Morgan fingerprint density at radius 1 is 0.359 bits per heavy atom. The highest BCUT2D eigenvalue weighted by molar-refractivity contribution is 6.09. The fraction of sp³-hybridized carbons (Fsp3) is 0.200. The molecule has 456 valence electrons. The van der Waals surface area contributed by atoms with Crippen LogP contribution in [0.1, 0.15) is 83.7 Å². The van der Waals surface area contributed by atoms with Gasteiger partial charge in [-0.25, -0.2) is 28.2 Å². The van der Waals surface area contributed by atoms with E-state index < -0.39 is 27.4 Å². The first-order valence-electron chi connectivity index (χ1n) is 36.2. The largest absolute Gasteiger partial charge is 0.456 e. The van der Waals surface area contributed by atoms with Crippen molar-refractivity contribution in [2.24, 2.45) is 28.2 Å². The van der Waals surface area contributed by atoms with Crippen molar-refractivity contribution in [3.8, 4) is 45.0 Å². The van der Waals surface area contributed by atoms with Gasteiger partial charge in [-0.15, -0.1) is 0 Å². The minimum atomic E-state index is -2.12. The molecule has 0 spiro atoms. The molecule has 4 aromatic carbocycles. The summed E-state index contributed by atoms with van der Waals surface area (Å²) < 4.78 is 122. The van der Waals surface area contributed by atoms with Gasteiger partial charge in [-0.2, -0.15) is 0 Å². The van der Waals surface area contributed by atoms with Gasteiger partial charge < -0.3 is 17.7 Å². The van der Waals surface area contributed by atoms with E-state index in [1.54, 1.807) is 55.2 Å². The van der Waals surface area contributed by atoms with Crippen molar-refractivity contribution >= 4 is 88.0 Å². The molecule has 12 aromatic heterocycles. The third kappa shape index (κ3) is 11.3. The maximum atomic E-state index is 7.60. The third-order valence-electron chi connectivity index (χ3n) is 17.1. The van der Waals surface area contributed by atoms with Crippen LogP contribution in [0.5, 0.6) is 0 Å². The van der Waals surface area contributed by atoms with Crippen LogP contribution in [0.25, 0.3) is 133 Å². The Morgan fingerprint density at radius 2 is 0.815 bits per heavy atom. The minimum absolute atomic E-state index is 0.321. The molecule has 92 heavy (non-hydrogen) atoms. The molecule has 12 heteroatoms. The molecular weight excluding hydrogens is 1140 g/mol. The number of furan rings is 4. The quantitative estimate of drug-likeness (QED) is 0.160. The summed E-state index contributed by atoms with van der Waals surface area (Å²) in [5.74, 6) is 0. The van der Waals surface area contributed by atoms with Gasteiger partial charge in [0.05, 0.1) is 22.8 Å². The van der Waals surface area contributed by atoms with Crippen molar-refractivity contribution in [1.82, 2.24) is 19.9 Å². The van der Waals surface area contributed by atoms with E-state index in [1.165, 1.54) is 0 Å². The van der Waals surface area contributed by atoms with Crippen molar-refractivity contribution in [1.29, 1.82) is 0 Å². The number of aromatic nitrogens is 8. The first-order valence-corrected chi connectivity index (χ1v) is 30.2. The van der Waals surface area contributed by atoms with Crippen molar-refractivity contribution in [2.75, 3.05) is 0 Å². The molecule has 16 aromatic rings. The summed E-state index contributed by atoms with van der Waals surface area (Å²) in [7, 11) is 7.47. The lowest BCUT2D eigenvalue weighted by Gasteiger charge is -2.09. The highest BCUT2D eigenvalue weighted by Gasteiger charge is 2.24. The third-order valence-corrected chi connectivity index (χ3v) is 17.1. The van der Waals surface area contributed by atoms with Crippen LogP contribution >= 0.6 is 0 Å². The molecule has 0 saturated heterocycles. The molecule has 0 saturated carbocycles. The lowest BCUT2D eigenvalue weighted by molar-refractivity contribution is -0.660. The second-order valence-corrected chi connectivity index (χ2v) is 23.9. The monoisotopic (exact) mass is 1220 g/mol. The fourth-order valence-corrected chi connectivity index (χ4v) is 12.6. The van der Waals surface area contributed by atoms with Crippen molar-refractivity contribution in [2.45, 2.75) is 82.8 Å². The van der Waals surface area contributed by atoms with E-state index in [-0.39, 0.29) is 0 Å². The summed E-state index contributed by atoms with van der Waals surface area (Å²) in [4.78, 5) is 18.0. The van der Waals surface area contributed by atoms with Gasteiger partial charge in [-0.05, 0) is 190 Å². The molecule has 12 nitrogen and oxygen atoms in total. The smallest absolute Gasteiger partial charge is 0.227 e. The van der Waals surface area contributed by atoms with E-state index in [0.29, 0.717) is 28.0 Å². The fourth-order valence-electron chi connectivity index (χ4n) is 12.6. The van der Waals surface area contributed by atoms with E-state index in [0.717, 1.165) is 172 Å². The van der Waals surface area contributed by atoms with Gasteiger partial charge in [0.2, 0.25) is 28.5 Å². The van der Waals surface area contributed by atoms with Gasteiger partial charge in [0, 0.05) is 141 Å². The molecule has 16 rings (SSSR count). The van der Waals surface area contributed by atoms with E-state index in [1.807, 2.05) is 192 Å². The molecule has 0 amide bonds. The summed E-state index contributed by atoms with van der Waals surface area (Å²) in [6.07, 6.45) is 10.3. The van der Waals surface area contributed by atoms with Crippen molar-refractivity contribution in [3.63, 3.8) is 0 Å². The first kappa shape index (κ1) is 47.3. The first-order chi connectivity index (χ1) is 49.0. The predicted molar refractivity (Wildman–Crippen MR) is 369 cm³/mol. The molecule has 0 aliphatic rings. The van der Waals surface area contributed by atoms with Crippen molar-refractivity contribution in [3.05, 3.63) is 238 Å². The molecule has 0 radical (unpaired) electrons. The van der Waals surface area contributed by atoms with Crippen LogP contribution in [-0.2, 0) is 28.2 Å². The van der Waals surface area contributed by atoms with Crippen LogP contribution < -0.4 is 18.3 Å². The lowest BCUT2D eigenvalue weighted by atomic mass is 9.99.